The van der Waals surface area contributed by atoms with Crippen LogP contribution in [-0.4, -0.2) is 39.8 Å². The molecule has 1 unspecified atom stereocenters. The number of ether oxygens (including phenoxy) is 1. The predicted molar refractivity (Wildman–Crippen MR) is 75.7 cm³/mol. The number of aryl methyl sites for hydroxylation is 1. The van der Waals surface area contributed by atoms with E-state index in [1.165, 1.54) is 6.26 Å². The first-order valence-corrected chi connectivity index (χ1v) is 7.22. The summed E-state index contributed by atoms with van der Waals surface area (Å²) in [7, 11) is 0. The number of furan rings is 1. The van der Waals surface area contributed by atoms with E-state index in [4.69, 9.17) is 9.15 Å². The molecule has 0 bridgehead atoms. The van der Waals surface area contributed by atoms with Crippen LogP contribution >= 0.6 is 0 Å². The van der Waals surface area contributed by atoms with Crippen molar-refractivity contribution >= 4 is 5.91 Å². The molecule has 0 fully saturated rings. The lowest BCUT2D eigenvalue weighted by atomic mass is 10.1. The van der Waals surface area contributed by atoms with Gasteiger partial charge in [-0.1, -0.05) is 0 Å². The molecule has 0 saturated heterocycles. The molecule has 6 nitrogen and oxygen atoms in total. The van der Waals surface area contributed by atoms with E-state index in [0.717, 1.165) is 18.7 Å². The first-order valence-electron chi connectivity index (χ1n) is 7.22. The first kappa shape index (κ1) is 13.9. The number of aromatic nitrogens is 2. The van der Waals surface area contributed by atoms with Gasteiger partial charge in [0, 0.05) is 19.3 Å². The van der Waals surface area contributed by atoms with E-state index in [-0.39, 0.29) is 11.9 Å². The highest BCUT2D eigenvalue weighted by molar-refractivity contribution is 5.91. The zero-order valence-corrected chi connectivity index (χ0v) is 12.1. The average molecular weight is 289 g/mol. The quantitative estimate of drug-likeness (QED) is 0.863. The highest BCUT2D eigenvalue weighted by Gasteiger charge is 2.30. The average Bonchev–Trinajstić information content (AvgIpc) is 3.14. The number of amides is 1. The van der Waals surface area contributed by atoms with E-state index in [1.807, 2.05) is 22.6 Å². The van der Waals surface area contributed by atoms with Gasteiger partial charge in [-0.2, -0.15) is 5.10 Å². The molecule has 1 amide bonds. The second-order valence-corrected chi connectivity index (χ2v) is 5.06. The number of hydrogen-bond donors (Lipinski definition) is 0. The van der Waals surface area contributed by atoms with Gasteiger partial charge in [-0.25, -0.2) is 0 Å². The van der Waals surface area contributed by atoms with E-state index < -0.39 is 0 Å². The molecule has 0 aromatic carbocycles. The summed E-state index contributed by atoms with van der Waals surface area (Å²) in [6, 6.07) is 5.41. The van der Waals surface area contributed by atoms with Crippen LogP contribution in [0.4, 0.5) is 0 Å². The molecular weight excluding hydrogens is 270 g/mol. The minimum absolute atomic E-state index is 0.0317. The Morgan fingerprint density at radius 1 is 1.52 bits per heavy atom. The normalized spacial score (nSPS) is 18.3. The van der Waals surface area contributed by atoms with E-state index in [1.54, 1.807) is 18.3 Å². The second-order valence-electron chi connectivity index (χ2n) is 5.06. The fourth-order valence-electron chi connectivity index (χ4n) is 2.63. The largest absolute Gasteiger partial charge is 0.459 e. The molecule has 0 spiro atoms. The number of carbonyl (C=O) groups is 1. The Kier molecular flexibility index (Phi) is 4.06. The fraction of sp³-hybridized carbons (Fsp3) is 0.467. The lowest BCUT2D eigenvalue weighted by Crippen LogP contribution is -2.41. The molecule has 6 heteroatoms. The van der Waals surface area contributed by atoms with Crippen molar-refractivity contribution in [1.29, 1.82) is 0 Å². The summed E-state index contributed by atoms with van der Waals surface area (Å²) in [6.45, 7) is 4.46. The van der Waals surface area contributed by atoms with Gasteiger partial charge in [0.2, 0.25) is 0 Å². The van der Waals surface area contributed by atoms with Gasteiger partial charge in [0.25, 0.3) is 5.91 Å². The highest BCUT2D eigenvalue weighted by Crippen LogP contribution is 2.20. The first-order chi connectivity index (χ1) is 10.3. The maximum absolute atomic E-state index is 12.7. The summed E-state index contributed by atoms with van der Waals surface area (Å²) in [5.74, 6) is 0.267. The van der Waals surface area contributed by atoms with Crippen LogP contribution in [0.3, 0.4) is 0 Å². The number of nitrogens with zero attached hydrogens (tertiary/aromatic N) is 3. The zero-order chi connectivity index (χ0) is 14.7. The monoisotopic (exact) mass is 289 g/mol. The van der Waals surface area contributed by atoms with E-state index in [2.05, 4.69) is 5.10 Å². The minimum Gasteiger partial charge on any atom is -0.459 e. The molecule has 1 aliphatic rings. The second kappa shape index (κ2) is 6.13. The number of rotatable bonds is 4. The molecule has 3 rings (SSSR count). The molecule has 1 atom stereocenters. The third-order valence-electron chi connectivity index (χ3n) is 3.76. The Morgan fingerprint density at radius 2 is 2.43 bits per heavy atom. The summed E-state index contributed by atoms with van der Waals surface area (Å²) in [5, 5.41) is 4.30. The maximum Gasteiger partial charge on any atom is 0.290 e. The zero-order valence-electron chi connectivity index (χ0n) is 12.1. The van der Waals surface area contributed by atoms with Crippen LogP contribution in [0.25, 0.3) is 0 Å². The molecule has 2 aromatic rings. The van der Waals surface area contributed by atoms with Crippen LogP contribution in [0.1, 0.15) is 29.6 Å². The van der Waals surface area contributed by atoms with Crippen LogP contribution in [0.15, 0.2) is 35.1 Å². The highest BCUT2D eigenvalue weighted by atomic mass is 16.5. The van der Waals surface area contributed by atoms with Crippen molar-refractivity contribution in [2.45, 2.75) is 32.5 Å². The molecule has 21 heavy (non-hydrogen) atoms. The van der Waals surface area contributed by atoms with Crippen LogP contribution in [0, 0.1) is 0 Å². The van der Waals surface area contributed by atoms with Gasteiger partial charge in [-0.15, -0.1) is 0 Å². The molecule has 2 aromatic heterocycles. The van der Waals surface area contributed by atoms with Gasteiger partial charge in [0.1, 0.15) is 0 Å². The maximum atomic E-state index is 12.7. The lowest BCUT2D eigenvalue weighted by Gasteiger charge is -2.28. The van der Waals surface area contributed by atoms with Crippen molar-refractivity contribution in [3.8, 4) is 0 Å². The molecular formula is C15H19N3O3. The topological polar surface area (TPSA) is 60.5 Å². The Labute approximate surface area is 123 Å². The Hall–Kier alpha value is -2.08. The predicted octanol–water partition coefficient (Wildman–Crippen LogP) is 1.93. The molecule has 0 aliphatic carbocycles. The summed E-state index contributed by atoms with van der Waals surface area (Å²) in [4.78, 5) is 14.5. The van der Waals surface area contributed by atoms with E-state index in [0.29, 0.717) is 25.5 Å². The van der Waals surface area contributed by atoms with Crippen LogP contribution in [-0.2, 0) is 17.8 Å². The third kappa shape index (κ3) is 2.85. The van der Waals surface area contributed by atoms with Crippen molar-refractivity contribution in [3.63, 3.8) is 0 Å². The molecule has 3 heterocycles. The van der Waals surface area contributed by atoms with Gasteiger partial charge >= 0.3 is 0 Å². The van der Waals surface area contributed by atoms with Gasteiger partial charge in [0.05, 0.1) is 31.2 Å². The van der Waals surface area contributed by atoms with Crippen LogP contribution < -0.4 is 0 Å². The summed E-state index contributed by atoms with van der Waals surface area (Å²) in [6.07, 6.45) is 4.11. The molecule has 0 N–H and O–H groups in total. The molecule has 0 saturated carbocycles. The van der Waals surface area contributed by atoms with E-state index in [9.17, 15) is 4.79 Å². The summed E-state index contributed by atoms with van der Waals surface area (Å²) < 4.78 is 12.8. The standard InChI is InChI=1S/C15H19N3O3/c1-2-20-11-13-6-8-18-12(5-7-16-18)10-17(13)15(19)14-4-3-9-21-14/h3-5,7,9,13H,2,6,8,10-11H2,1H3. The number of fused-ring (bicyclic) bond motifs is 1. The lowest BCUT2D eigenvalue weighted by molar-refractivity contribution is 0.0398. The summed E-state index contributed by atoms with van der Waals surface area (Å²) >= 11 is 0. The SMILES string of the molecule is CCOCC1CCn2nccc2CN1C(=O)c1ccco1. The van der Waals surface area contributed by atoms with Crippen molar-refractivity contribution in [1.82, 2.24) is 14.7 Å². The van der Waals surface area contributed by atoms with Crippen molar-refractivity contribution < 1.29 is 13.9 Å². The van der Waals surface area contributed by atoms with Crippen molar-refractivity contribution in [2.24, 2.45) is 0 Å². The smallest absolute Gasteiger partial charge is 0.290 e. The van der Waals surface area contributed by atoms with Crippen LogP contribution in [0.5, 0.6) is 0 Å². The number of hydrogen-bond acceptors (Lipinski definition) is 4. The molecule has 1 aliphatic heterocycles. The van der Waals surface area contributed by atoms with Crippen molar-refractivity contribution in [3.05, 3.63) is 42.1 Å². The fourth-order valence-corrected chi connectivity index (χ4v) is 2.63. The van der Waals surface area contributed by atoms with Gasteiger partial charge in [0.15, 0.2) is 5.76 Å². The van der Waals surface area contributed by atoms with Crippen LogP contribution in [0.2, 0.25) is 0 Å². The van der Waals surface area contributed by atoms with Gasteiger partial charge in [-0.05, 0) is 31.5 Å². The molecule has 0 radical (unpaired) electrons. The van der Waals surface area contributed by atoms with E-state index >= 15 is 0 Å². The Morgan fingerprint density at radius 3 is 3.19 bits per heavy atom. The minimum atomic E-state index is -0.0978. The Balaban J connectivity index is 1.85. The van der Waals surface area contributed by atoms with Crippen molar-refractivity contribution in [2.75, 3.05) is 13.2 Å². The Bertz CT molecular complexity index is 591. The summed E-state index contributed by atoms with van der Waals surface area (Å²) in [5.41, 5.74) is 1.04. The number of carbonyl (C=O) groups excluding carboxylic acids is 1. The third-order valence-corrected chi connectivity index (χ3v) is 3.76. The van der Waals surface area contributed by atoms with Gasteiger partial charge < -0.3 is 14.1 Å². The van der Waals surface area contributed by atoms with Gasteiger partial charge in [-0.3, -0.25) is 9.48 Å². The molecule has 112 valence electrons.